The van der Waals surface area contributed by atoms with E-state index in [9.17, 15) is 4.79 Å². The Morgan fingerprint density at radius 2 is 2.29 bits per heavy atom. The zero-order chi connectivity index (χ0) is 12.5. The molecule has 0 fully saturated rings. The maximum atomic E-state index is 11.4. The third kappa shape index (κ3) is 6.41. The van der Waals surface area contributed by atoms with Crippen LogP contribution in [0.4, 0.5) is 0 Å². The highest BCUT2D eigenvalue weighted by molar-refractivity contribution is 9.10. The summed E-state index contributed by atoms with van der Waals surface area (Å²) in [6, 6.07) is 7.86. The predicted octanol–water partition coefficient (Wildman–Crippen LogP) is 1.30. The lowest BCUT2D eigenvalue weighted by atomic mass is 10.2. The van der Waals surface area contributed by atoms with Gasteiger partial charge in [0.1, 0.15) is 0 Å². The summed E-state index contributed by atoms with van der Waals surface area (Å²) < 4.78 is 5.88. The number of hydrogen-bond donors (Lipinski definition) is 2. The van der Waals surface area contributed by atoms with E-state index in [1.807, 2.05) is 24.3 Å². The second-order valence-corrected chi connectivity index (χ2v) is 4.49. The van der Waals surface area contributed by atoms with Gasteiger partial charge in [-0.05, 0) is 17.7 Å². The molecule has 1 aromatic carbocycles. The Kier molecular flexibility index (Phi) is 6.84. The number of ether oxygens (including phenoxy) is 1. The number of methoxy groups -OCH3 is 1. The van der Waals surface area contributed by atoms with E-state index in [0.29, 0.717) is 26.2 Å². The van der Waals surface area contributed by atoms with Gasteiger partial charge in [-0.2, -0.15) is 0 Å². The molecule has 0 heterocycles. The number of halogens is 1. The molecule has 4 nitrogen and oxygen atoms in total. The Bertz CT molecular complexity index is 358. The van der Waals surface area contributed by atoms with Crippen LogP contribution in [0.2, 0.25) is 0 Å². The van der Waals surface area contributed by atoms with Crippen molar-refractivity contribution in [3.8, 4) is 0 Å². The molecular weight excluding hydrogens is 284 g/mol. The average Bonchev–Trinajstić information content (AvgIpc) is 2.32. The van der Waals surface area contributed by atoms with Crippen molar-refractivity contribution in [2.75, 3.05) is 26.8 Å². The quantitative estimate of drug-likeness (QED) is 0.747. The monoisotopic (exact) mass is 300 g/mol. The summed E-state index contributed by atoms with van der Waals surface area (Å²) in [5.74, 6) is -0.0129. The predicted molar refractivity (Wildman–Crippen MR) is 70.7 cm³/mol. The van der Waals surface area contributed by atoms with Crippen LogP contribution in [-0.4, -0.2) is 32.7 Å². The van der Waals surface area contributed by atoms with E-state index in [1.165, 1.54) is 0 Å². The number of carbonyl (C=O) groups is 1. The molecular formula is C12H17BrN2O2. The highest BCUT2D eigenvalue weighted by atomic mass is 79.9. The molecule has 94 valence electrons. The molecule has 1 aromatic rings. The molecule has 5 heteroatoms. The molecule has 0 aromatic heterocycles. The van der Waals surface area contributed by atoms with Crippen LogP contribution >= 0.6 is 15.9 Å². The van der Waals surface area contributed by atoms with Crippen molar-refractivity contribution in [3.63, 3.8) is 0 Å². The maximum absolute atomic E-state index is 11.4. The third-order valence-corrected chi connectivity index (χ3v) is 2.64. The summed E-state index contributed by atoms with van der Waals surface area (Å²) in [5, 5.41) is 5.83. The van der Waals surface area contributed by atoms with Crippen LogP contribution < -0.4 is 10.6 Å². The molecule has 0 aliphatic carbocycles. The van der Waals surface area contributed by atoms with Gasteiger partial charge in [0.05, 0.1) is 13.2 Å². The van der Waals surface area contributed by atoms with Gasteiger partial charge in [0.2, 0.25) is 5.91 Å². The minimum Gasteiger partial charge on any atom is -0.383 e. The normalized spacial score (nSPS) is 10.2. The van der Waals surface area contributed by atoms with E-state index in [0.717, 1.165) is 10.0 Å². The molecule has 0 bridgehead atoms. The van der Waals surface area contributed by atoms with Crippen LogP contribution in [-0.2, 0) is 16.1 Å². The zero-order valence-electron chi connectivity index (χ0n) is 9.83. The van der Waals surface area contributed by atoms with Gasteiger partial charge < -0.3 is 15.4 Å². The molecule has 0 aliphatic rings. The van der Waals surface area contributed by atoms with Gasteiger partial charge in [-0.1, -0.05) is 28.1 Å². The molecule has 1 amide bonds. The smallest absolute Gasteiger partial charge is 0.234 e. The number of hydrogen-bond acceptors (Lipinski definition) is 3. The Balaban J connectivity index is 2.19. The maximum Gasteiger partial charge on any atom is 0.234 e. The molecule has 0 saturated heterocycles. The summed E-state index contributed by atoms with van der Waals surface area (Å²) in [6.45, 7) is 2.15. The first-order valence-electron chi connectivity index (χ1n) is 5.43. The Morgan fingerprint density at radius 1 is 1.47 bits per heavy atom. The molecule has 0 atom stereocenters. The number of benzene rings is 1. The molecule has 17 heavy (non-hydrogen) atoms. The largest absolute Gasteiger partial charge is 0.383 e. The van der Waals surface area contributed by atoms with Gasteiger partial charge in [0.15, 0.2) is 0 Å². The average molecular weight is 301 g/mol. The number of amides is 1. The van der Waals surface area contributed by atoms with E-state index < -0.39 is 0 Å². The van der Waals surface area contributed by atoms with Gasteiger partial charge in [0.25, 0.3) is 0 Å². The summed E-state index contributed by atoms with van der Waals surface area (Å²) in [6.07, 6.45) is 0. The molecule has 0 aliphatic heterocycles. The summed E-state index contributed by atoms with van der Waals surface area (Å²) >= 11 is 3.39. The molecule has 1 rings (SSSR count). The fraction of sp³-hybridized carbons (Fsp3) is 0.417. The van der Waals surface area contributed by atoms with Gasteiger partial charge in [-0.15, -0.1) is 0 Å². The van der Waals surface area contributed by atoms with Crippen molar-refractivity contribution in [2.24, 2.45) is 0 Å². The minimum absolute atomic E-state index is 0.0129. The highest BCUT2D eigenvalue weighted by Gasteiger charge is 2.00. The Hall–Kier alpha value is -0.910. The van der Waals surface area contributed by atoms with Gasteiger partial charge in [-0.3, -0.25) is 4.79 Å². The molecule has 0 saturated carbocycles. The Labute approximate surface area is 110 Å². The van der Waals surface area contributed by atoms with E-state index in [1.54, 1.807) is 7.11 Å². The molecule has 0 radical (unpaired) electrons. The fourth-order valence-electron chi connectivity index (χ4n) is 1.29. The van der Waals surface area contributed by atoms with Crippen LogP contribution in [0.25, 0.3) is 0 Å². The number of rotatable bonds is 7. The minimum atomic E-state index is -0.0129. The van der Waals surface area contributed by atoms with Crippen LogP contribution in [0, 0.1) is 0 Å². The van der Waals surface area contributed by atoms with Crippen LogP contribution in [0.3, 0.4) is 0 Å². The molecule has 2 N–H and O–H groups in total. The molecule has 0 spiro atoms. The summed E-state index contributed by atoms with van der Waals surface area (Å²) in [4.78, 5) is 11.4. The standard InChI is InChI=1S/C12H17BrN2O2/c1-17-6-5-14-9-12(16)15-8-10-3-2-4-11(13)7-10/h2-4,7,14H,5-6,8-9H2,1H3,(H,15,16). The van der Waals surface area contributed by atoms with E-state index in [4.69, 9.17) is 4.74 Å². The van der Waals surface area contributed by atoms with E-state index in [2.05, 4.69) is 26.6 Å². The van der Waals surface area contributed by atoms with Crippen LogP contribution in [0.1, 0.15) is 5.56 Å². The SMILES string of the molecule is COCCNCC(=O)NCc1cccc(Br)c1. The van der Waals surface area contributed by atoms with Crippen molar-refractivity contribution in [3.05, 3.63) is 34.3 Å². The van der Waals surface area contributed by atoms with E-state index >= 15 is 0 Å². The van der Waals surface area contributed by atoms with Crippen molar-refractivity contribution >= 4 is 21.8 Å². The second-order valence-electron chi connectivity index (χ2n) is 3.58. The topological polar surface area (TPSA) is 50.4 Å². The summed E-state index contributed by atoms with van der Waals surface area (Å²) in [7, 11) is 1.63. The first kappa shape index (κ1) is 14.2. The van der Waals surface area contributed by atoms with Crippen molar-refractivity contribution in [2.45, 2.75) is 6.54 Å². The lowest BCUT2D eigenvalue weighted by Crippen LogP contribution is -2.34. The van der Waals surface area contributed by atoms with Gasteiger partial charge >= 0.3 is 0 Å². The van der Waals surface area contributed by atoms with Crippen molar-refractivity contribution in [1.82, 2.24) is 10.6 Å². The fourth-order valence-corrected chi connectivity index (χ4v) is 1.73. The number of nitrogens with one attached hydrogen (secondary N) is 2. The van der Waals surface area contributed by atoms with Gasteiger partial charge in [0, 0.05) is 24.7 Å². The lowest BCUT2D eigenvalue weighted by Gasteiger charge is -2.06. The van der Waals surface area contributed by atoms with Crippen molar-refractivity contribution in [1.29, 1.82) is 0 Å². The van der Waals surface area contributed by atoms with E-state index in [-0.39, 0.29) is 5.91 Å². The molecule has 0 unspecified atom stereocenters. The van der Waals surface area contributed by atoms with Gasteiger partial charge in [-0.25, -0.2) is 0 Å². The van der Waals surface area contributed by atoms with Crippen LogP contribution in [0.5, 0.6) is 0 Å². The van der Waals surface area contributed by atoms with Crippen LogP contribution in [0.15, 0.2) is 28.7 Å². The Morgan fingerprint density at radius 3 is 3.00 bits per heavy atom. The second kappa shape index (κ2) is 8.22. The van der Waals surface area contributed by atoms with Crippen molar-refractivity contribution < 1.29 is 9.53 Å². The third-order valence-electron chi connectivity index (χ3n) is 2.15. The zero-order valence-corrected chi connectivity index (χ0v) is 11.4. The number of carbonyl (C=O) groups excluding carboxylic acids is 1. The first-order valence-corrected chi connectivity index (χ1v) is 6.22. The first-order chi connectivity index (χ1) is 8.22. The lowest BCUT2D eigenvalue weighted by molar-refractivity contribution is -0.120. The summed E-state index contributed by atoms with van der Waals surface area (Å²) in [5.41, 5.74) is 1.07. The highest BCUT2D eigenvalue weighted by Crippen LogP contribution is 2.11.